The quantitative estimate of drug-likeness (QED) is 0.461. The molecule has 0 saturated heterocycles. The Morgan fingerprint density at radius 2 is 1.56 bits per heavy atom. The van der Waals surface area contributed by atoms with E-state index in [1.807, 2.05) is 60.7 Å². The molecular weight excluding hydrogens is 328 g/mol. The first-order chi connectivity index (χ1) is 12.3. The molecule has 0 aliphatic heterocycles. The van der Waals surface area contributed by atoms with Gasteiger partial charge in [-0.2, -0.15) is 0 Å². The van der Waals surface area contributed by atoms with Crippen molar-refractivity contribution in [3.05, 3.63) is 84.4 Å². The van der Waals surface area contributed by atoms with Crippen molar-refractivity contribution in [1.29, 1.82) is 0 Å². The van der Waals surface area contributed by atoms with Crippen molar-refractivity contribution < 1.29 is 5.11 Å². The van der Waals surface area contributed by atoms with Crippen molar-refractivity contribution >= 4 is 34.6 Å². The lowest BCUT2D eigenvalue weighted by atomic mass is 10.2. The molecule has 0 fully saturated rings. The predicted molar refractivity (Wildman–Crippen MR) is 104 cm³/mol. The topological polar surface area (TPSA) is 48.4 Å². The highest BCUT2D eigenvalue weighted by molar-refractivity contribution is 7.99. The molecule has 4 aromatic rings. The van der Waals surface area contributed by atoms with Crippen LogP contribution in [0.25, 0.3) is 10.9 Å². The van der Waals surface area contributed by atoms with Crippen LogP contribution in [0.4, 0.5) is 5.69 Å². The Balaban J connectivity index is 1.66. The number of hydrogen-bond donors (Lipinski definition) is 2. The molecule has 25 heavy (non-hydrogen) atoms. The first-order valence-electron chi connectivity index (χ1n) is 7.96. The minimum absolute atomic E-state index is 0.136. The second-order valence-corrected chi connectivity index (χ2v) is 6.75. The van der Waals surface area contributed by atoms with Crippen LogP contribution in [0.1, 0.15) is 5.56 Å². The molecule has 0 spiro atoms. The van der Waals surface area contributed by atoms with Crippen LogP contribution >= 0.6 is 11.8 Å². The second-order valence-electron chi connectivity index (χ2n) is 5.60. The van der Waals surface area contributed by atoms with Crippen molar-refractivity contribution in [3.63, 3.8) is 0 Å². The lowest BCUT2D eigenvalue weighted by Crippen LogP contribution is -1.79. The molecule has 0 aliphatic rings. The molecule has 0 radical (unpaired) electrons. The van der Waals surface area contributed by atoms with Crippen molar-refractivity contribution in [2.24, 2.45) is 4.99 Å². The van der Waals surface area contributed by atoms with Crippen molar-refractivity contribution in [3.8, 4) is 5.88 Å². The molecule has 0 unspecified atom stereocenters. The molecule has 0 saturated carbocycles. The summed E-state index contributed by atoms with van der Waals surface area (Å²) in [5.74, 6) is 0.136. The van der Waals surface area contributed by atoms with E-state index < -0.39 is 0 Å². The molecule has 0 amide bonds. The molecule has 0 aliphatic carbocycles. The average Bonchev–Trinajstić information content (AvgIpc) is 2.96. The maximum atomic E-state index is 10.2. The highest BCUT2D eigenvalue weighted by atomic mass is 32.2. The Bertz CT molecular complexity index is 1020. The Morgan fingerprint density at radius 1 is 0.840 bits per heavy atom. The number of nitrogens with one attached hydrogen (secondary N) is 1. The minimum Gasteiger partial charge on any atom is -0.494 e. The molecule has 0 bridgehead atoms. The van der Waals surface area contributed by atoms with Gasteiger partial charge in [-0.25, -0.2) is 0 Å². The molecule has 4 rings (SSSR count). The van der Waals surface area contributed by atoms with Gasteiger partial charge in [-0.3, -0.25) is 4.99 Å². The number of H-pyrrole nitrogens is 1. The number of benzene rings is 3. The van der Waals surface area contributed by atoms with E-state index in [0.29, 0.717) is 5.56 Å². The molecule has 2 N–H and O–H groups in total. The Kier molecular flexibility index (Phi) is 4.27. The third-order valence-electron chi connectivity index (χ3n) is 3.87. The van der Waals surface area contributed by atoms with Gasteiger partial charge >= 0.3 is 0 Å². The van der Waals surface area contributed by atoms with Gasteiger partial charge in [-0.05, 0) is 36.4 Å². The molecule has 1 aromatic heterocycles. The van der Waals surface area contributed by atoms with E-state index in [0.717, 1.165) is 21.5 Å². The summed E-state index contributed by atoms with van der Waals surface area (Å²) in [6.45, 7) is 0. The first kappa shape index (κ1) is 15.5. The van der Waals surface area contributed by atoms with Gasteiger partial charge in [0, 0.05) is 21.4 Å². The fraction of sp³-hybridized carbons (Fsp3) is 0. The number of aromatic nitrogens is 1. The van der Waals surface area contributed by atoms with E-state index in [4.69, 9.17) is 0 Å². The van der Waals surface area contributed by atoms with E-state index >= 15 is 0 Å². The van der Waals surface area contributed by atoms with Gasteiger partial charge in [0.05, 0.1) is 16.8 Å². The summed E-state index contributed by atoms with van der Waals surface area (Å²) in [6.07, 6.45) is 1.70. The number of aromatic hydroxyl groups is 1. The van der Waals surface area contributed by atoms with E-state index in [2.05, 4.69) is 28.2 Å². The largest absolute Gasteiger partial charge is 0.494 e. The summed E-state index contributed by atoms with van der Waals surface area (Å²) in [5.41, 5.74) is 2.45. The van der Waals surface area contributed by atoms with Crippen LogP contribution in [-0.2, 0) is 0 Å². The zero-order valence-corrected chi connectivity index (χ0v) is 14.2. The van der Waals surface area contributed by atoms with Crippen molar-refractivity contribution in [2.75, 3.05) is 0 Å². The van der Waals surface area contributed by atoms with Gasteiger partial charge in [0.25, 0.3) is 0 Å². The number of para-hydroxylation sites is 1. The number of nitrogens with zero attached hydrogens (tertiary/aromatic N) is 1. The maximum Gasteiger partial charge on any atom is 0.198 e. The minimum atomic E-state index is 0.136. The van der Waals surface area contributed by atoms with Gasteiger partial charge in [0.15, 0.2) is 5.88 Å². The number of aliphatic imine (C=N–C) groups is 1. The van der Waals surface area contributed by atoms with Crippen LogP contribution in [0.5, 0.6) is 5.88 Å². The van der Waals surface area contributed by atoms with Crippen molar-refractivity contribution in [2.45, 2.75) is 9.79 Å². The van der Waals surface area contributed by atoms with E-state index in [1.54, 1.807) is 18.0 Å². The van der Waals surface area contributed by atoms with Gasteiger partial charge in [0.2, 0.25) is 0 Å². The number of aromatic amines is 1. The zero-order chi connectivity index (χ0) is 17.1. The summed E-state index contributed by atoms with van der Waals surface area (Å²) in [4.78, 5) is 9.78. The number of rotatable bonds is 4. The number of hydrogen-bond acceptors (Lipinski definition) is 3. The lowest BCUT2D eigenvalue weighted by Gasteiger charge is -2.01. The fourth-order valence-corrected chi connectivity index (χ4v) is 3.53. The summed E-state index contributed by atoms with van der Waals surface area (Å²) in [6, 6.07) is 26.0. The van der Waals surface area contributed by atoms with E-state index in [9.17, 15) is 5.11 Å². The maximum absolute atomic E-state index is 10.2. The fourth-order valence-electron chi connectivity index (χ4n) is 2.66. The average molecular weight is 344 g/mol. The Hall–Kier alpha value is -2.98. The van der Waals surface area contributed by atoms with Gasteiger partial charge < -0.3 is 10.1 Å². The SMILES string of the molecule is Oc1[nH]c2cc(Sc3ccccc3)ccc2c1C=Nc1ccccc1. The number of fused-ring (bicyclic) bond motifs is 1. The molecule has 0 atom stereocenters. The lowest BCUT2D eigenvalue weighted by molar-refractivity contribution is 0.457. The molecule has 1 heterocycles. The molecule has 122 valence electrons. The molecule has 3 nitrogen and oxygen atoms in total. The van der Waals surface area contributed by atoms with Crippen LogP contribution in [0.2, 0.25) is 0 Å². The molecule has 3 aromatic carbocycles. The van der Waals surface area contributed by atoms with Gasteiger partial charge in [0.1, 0.15) is 0 Å². The van der Waals surface area contributed by atoms with Gasteiger partial charge in [-0.1, -0.05) is 54.2 Å². The second kappa shape index (κ2) is 6.87. The van der Waals surface area contributed by atoms with Crippen LogP contribution in [-0.4, -0.2) is 16.3 Å². The van der Waals surface area contributed by atoms with Crippen molar-refractivity contribution in [1.82, 2.24) is 4.98 Å². The first-order valence-corrected chi connectivity index (χ1v) is 8.78. The zero-order valence-electron chi connectivity index (χ0n) is 13.4. The highest BCUT2D eigenvalue weighted by Crippen LogP contribution is 2.33. The Labute approximate surface area is 150 Å². The van der Waals surface area contributed by atoms with Crippen LogP contribution in [0.15, 0.2) is 93.6 Å². The Morgan fingerprint density at radius 3 is 2.32 bits per heavy atom. The summed E-state index contributed by atoms with van der Waals surface area (Å²) < 4.78 is 0. The standard InChI is InChI=1S/C21H16N2OS/c24-21-19(14-22-15-7-3-1-4-8-15)18-12-11-17(13-20(18)23-21)25-16-9-5-2-6-10-16/h1-14,23-24H. The monoisotopic (exact) mass is 344 g/mol. The third kappa shape index (κ3) is 3.44. The van der Waals surface area contributed by atoms with E-state index in [-0.39, 0.29) is 5.88 Å². The normalized spacial score (nSPS) is 11.4. The molecular formula is C21H16N2OS. The third-order valence-corrected chi connectivity index (χ3v) is 4.86. The van der Waals surface area contributed by atoms with Crippen LogP contribution in [0.3, 0.4) is 0 Å². The highest BCUT2D eigenvalue weighted by Gasteiger charge is 2.10. The van der Waals surface area contributed by atoms with Crippen LogP contribution < -0.4 is 0 Å². The van der Waals surface area contributed by atoms with Gasteiger partial charge in [-0.15, -0.1) is 0 Å². The smallest absolute Gasteiger partial charge is 0.198 e. The van der Waals surface area contributed by atoms with Crippen LogP contribution in [0, 0.1) is 0 Å². The summed E-state index contributed by atoms with van der Waals surface area (Å²) >= 11 is 1.69. The summed E-state index contributed by atoms with van der Waals surface area (Å²) in [7, 11) is 0. The van der Waals surface area contributed by atoms with E-state index in [1.165, 1.54) is 4.90 Å². The summed E-state index contributed by atoms with van der Waals surface area (Å²) in [5, 5.41) is 11.2. The predicted octanol–water partition coefficient (Wildman–Crippen LogP) is 5.78. The molecule has 4 heteroatoms.